The van der Waals surface area contributed by atoms with Crippen molar-refractivity contribution in [2.75, 3.05) is 18.0 Å². The van der Waals surface area contributed by atoms with Crippen LogP contribution in [0.15, 0.2) is 18.2 Å². The van der Waals surface area contributed by atoms with Gasteiger partial charge >= 0.3 is 5.69 Å². The smallest absolute Gasteiger partial charge is 0.310 e. The van der Waals surface area contributed by atoms with Gasteiger partial charge in [-0.2, -0.15) is 0 Å². The van der Waals surface area contributed by atoms with E-state index in [0.717, 1.165) is 25.4 Å². The number of benzene rings is 1. The summed E-state index contributed by atoms with van der Waals surface area (Å²) < 4.78 is 0. The lowest BCUT2D eigenvalue weighted by Gasteiger charge is -2.42. The molecule has 0 radical (unpaired) electrons. The molecule has 3 rings (SSSR count). The predicted molar refractivity (Wildman–Crippen MR) is 80.4 cm³/mol. The van der Waals surface area contributed by atoms with Crippen LogP contribution in [-0.4, -0.2) is 18.0 Å². The highest BCUT2D eigenvalue weighted by atomic mass is 35.5. The topological polar surface area (TPSA) is 46.4 Å². The van der Waals surface area contributed by atoms with Gasteiger partial charge in [-0.25, -0.2) is 0 Å². The van der Waals surface area contributed by atoms with E-state index >= 15 is 0 Å². The van der Waals surface area contributed by atoms with Crippen molar-refractivity contribution in [2.24, 2.45) is 11.8 Å². The number of anilines is 1. The van der Waals surface area contributed by atoms with Crippen LogP contribution in [0.1, 0.15) is 32.1 Å². The van der Waals surface area contributed by atoms with E-state index in [9.17, 15) is 10.1 Å². The molecule has 1 aliphatic heterocycles. The van der Waals surface area contributed by atoms with E-state index in [4.69, 9.17) is 11.6 Å². The lowest BCUT2D eigenvalue weighted by Crippen LogP contribution is -2.42. The third-order valence-corrected chi connectivity index (χ3v) is 5.08. The Morgan fingerprint density at radius 2 is 1.95 bits per heavy atom. The Morgan fingerprint density at radius 3 is 2.70 bits per heavy atom. The highest BCUT2D eigenvalue weighted by Gasteiger charge is 2.33. The number of fused-ring (bicyclic) bond motifs is 1. The van der Waals surface area contributed by atoms with E-state index in [1.54, 1.807) is 12.1 Å². The molecule has 1 aromatic carbocycles. The molecule has 0 amide bonds. The normalized spacial score (nSPS) is 26.1. The zero-order chi connectivity index (χ0) is 14.1. The number of nitro benzene ring substituents is 1. The number of nitro groups is 1. The van der Waals surface area contributed by atoms with E-state index in [-0.39, 0.29) is 15.6 Å². The average molecular weight is 295 g/mol. The fraction of sp³-hybridized carbons (Fsp3) is 0.600. The Morgan fingerprint density at radius 1 is 1.20 bits per heavy atom. The van der Waals surface area contributed by atoms with Gasteiger partial charge in [-0.3, -0.25) is 10.1 Å². The molecule has 0 bridgehead atoms. The van der Waals surface area contributed by atoms with Crippen molar-refractivity contribution in [3.63, 3.8) is 0 Å². The third kappa shape index (κ3) is 2.49. The summed E-state index contributed by atoms with van der Waals surface area (Å²) in [5, 5.41) is 11.5. The maximum atomic E-state index is 11.3. The standard InChI is InChI=1S/C15H19ClN2O2/c16-13-6-3-7-14(15(13)18(19)20)17-9-8-11-4-1-2-5-12(11)10-17/h3,6-7,11-12H,1-2,4-5,8-10H2. The molecule has 2 atom stereocenters. The molecule has 4 nitrogen and oxygen atoms in total. The van der Waals surface area contributed by atoms with Gasteiger partial charge in [-0.1, -0.05) is 36.9 Å². The van der Waals surface area contributed by atoms with Crippen molar-refractivity contribution in [2.45, 2.75) is 32.1 Å². The number of halogens is 1. The minimum atomic E-state index is -0.357. The summed E-state index contributed by atoms with van der Waals surface area (Å²) >= 11 is 6.01. The van der Waals surface area contributed by atoms with Crippen LogP contribution in [0.3, 0.4) is 0 Å². The zero-order valence-corrected chi connectivity index (χ0v) is 12.2. The van der Waals surface area contributed by atoms with Crippen LogP contribution in [-0.2, 0) is 0 Å². The maximum Gasteiger partial charge on any atom is 0.310 e. The van der Waals surface area contributed by atoms with Crippen molar-refractivity contribution in [3.05, 3.63) is 33.3 Å². The number of hydrogen-bond acceptors (Lipinski definition) is 3. The first-order valence-corrected chi connectivity index (χ1v) is 7.72. The fourth-order valence-corrected chi connectivity index (χ4v) is 4.00. The Labute approximate surface area is 123 Å². The number of piperidine rings is 1. The molecule has 1 saturated carbocycles. The number of rotatable bonds is 2. The van der Waals surface area contributed by atoms with E-state index in [1.807, 2.05) is 6.07 Å². The van der Waals surface area contributed by atoms with Gasteiger partial charge in [0.2, 0.25) is 0 Å². The van der Waals surface area contributed by atoms with Crippen LogP contribution in [0.2, 0.25) is 5.02 Å². The van der Waals surface area contributed by atoms with Crippen LogP contribution < -0.4 is 4.90 Å². The summed E-state index contributed by atoms with van der Waals surface area (Å²) in [6.45, 7) is 1.84. The quantitative estimate of drug-likeness (QED) is 0.604. The largest absolute Gasteiger partial charge is 0.366 e. The van der Waals surface area contributed by atoms with E-state index < -0.39 is 0 Å². The first-order valence-electron chi connectivity index (χ1n) is 7.34. The second-order valence-corrected chi connectivity index (χ2v) is 6.31. The van der Waals surface area contributed by atoms with Crippen molar-refractivity contribution in [1.29, 1.82) is 0 Å². The molecule has 0 aromatic heterocycles. The van der Waals surface area contributed by atoms with Gasteiger partial charge in [0.1, 0.15) is 10.7 Å². The van der Waals surface area contributed by atoms with Crippen LogP contribution in [0, 0.1) is 22.0 Å². The molecule has 2 unspecified atom stereocenters. The SMILES string of the molecule is O=[N+]([O-])c1c(Cl)cccc1N1CCC2CCCCC2C1. The van der Waals surface area contributed by atoms with Crippen LogP contribution in [0.5, 0.6) is 0 Å². The highest BCUT2D eigenvalue weighted by molar-refractivity contribution is 6.33. The average Bonchev–Trinajstić information content (AvgIpc) is 2.46. The first-order chi connectivity index (χ1) is 9.66. The summed E-state index contributed by atoms with van der Waals surface area (Å²) in [6, 6.07) is 5.22. The van der Waals surface area contributed by atoms with Gasteiger partial charge in [0.05, 0.1) is 4.92 Å². The van der Waals surface area contributed by atoms with Gasteiger partial charge in [-0.15, -0.1) is 0 Å². The maximum absolute atomic E-state index is 11.3. The summed E-state index contributed by atoms with van der Waals surface area (Å²) in [4.78, 5) is 13.1. The second kappa shape index (κ2) is 5.60. The molecule has 108 valence electrons. The van der Waals surface area contributed by atoms with Gasteiger partial charge in [0.15, 0.2) is 0 Å². The van der Waals surface area contributed by atoms with Crippen molar-refractivity contribution < 1.29 is 4.92 Å². The van der Waals surface area contributed by atoms with Gasteiger partial charge in [-0.05, 0) is 36.8 Å². The summed E-state index contributed by atoms with van der Waals surface area (Å²) in [7, 11) is 0. The molecule has 1 heterocycles. The highest BCUT2D eigenvalue weighted by Crippen LogP contribution is 2.41. The molecule has 1 saturated heterocycles. The molecule has 0 spiro atoms. The Kier molecular flexibility index (Phi) is 3.83. The lowest BCUT2D eigenvalue weighted by atomic mass is 9.75. The molecular weight excluding hydrogens is 276 g/mol. The molecule has 1 aromatic rings. The minimum absolute atomic E-state index is 0.0587. The molecule has 5 heteroatoms. The molecule has 0 N–H and O–H groups in total. The number of nitrogens with zero attached hydrogens (tertiary/aromatic N) is 2. The van der Waals surface area contributed by atoms with Crippen LogP contribution in [0.25, 0.3) is 0 Å². The number of para-hydroxylation sites is 1. The minimum Gasteiger partial charge on any atom is -0.366 e. The summed E-state index contributed by atoms with van der Waals surface area (Å²) in [5.74, 6) is 1.51. The number of hydrogen-bond donors (Lipinski definition) is 0. The van der Waals surface area contributed by atoms with Crippen molar-refractivity contribution in [1.82, 2.24) is 0 Å². The molecule has 20 heavy (non-hydrogen) atoms. The fourth-order valence-electron chi connectivity index (χ4n) is 3.76. The second-order valence-electron chi connectivity index (χ2n) is 5.90. The Hall–Kier alpha value is -1.29. The Bertz CT molecular complexity index is 521. The van der Waals surface area contributed by atoms with Gasteiger partial charge in [0, 0.05) is 13.1 Å². The lowest BCUT2D eigenvalue weighted by molar-refractivity contribution is -0.384. The van der Waals surface area contributed by atoms with Crippen LogP contribution >= 0.6 is 11.6 Å². The van der Waals surface area contributed by atoms with E-state index in [2.05, 4.69) is 4.90 Å². The van der Waals surface area contributed by atoms with Gasteiger partial charge < -0.3 is 4.90 Å². The summed E-state index contributed by atoms with van der Waals surface area (Å²) in [6.07, 6.45) is 6.38. The van der Waals surface area contributed by atoms with E-state index in [1.165, 1.54) is 25.7 Å². The molecular formula is C15H19ClN2O2. The molecule has 1 aliphatic carbocycles. The monoisotopic (exact) mass is 294 g/mol. The van der Waals surface area contributed by atoms with E-state index in [0.29, 0.717) is 11.6 Å². The third-order valence-electron chi connectivity index (χ3n) is 4.78. The van der Waals surface area contributed by atoms with Gasteiger partial charge in [0.25, 0.3) is 0 Å². The predicted octanol–water partition coefficient (Wildman–Crippen LogP) is 4.26. The zero-order valence-electron chi connectivity index (χ0n) is 11.4. The Balaban J connectivity index is 1.86. The van der Waals surface area contributed by atoms with Crippen LogP contribution in [0.4, 0.5) is 11.4 Å². The molecule has 2 aliphatic rings. The summed E-state index contributed by atoms with van der Waals surface area (Å²) in [5.41, 5.74) is 0.745. The van der Waals surface area contributed by atoms with Crippen molar-refractivity contribution in [3.8, 4) is 0 Å². The first kappa shape index (κ1) is 13.7. The molecule has 2 fully saturated rings. The van der Waals surface area contributed by atoms with Crippen molar-refractivity contribution >= 4 is 23.0 Å².